The lowest BCUT2D eigenvalue weighted by Crippen LogP contribution is -2.43. The molecule has 0 heterocycles. The van der Waals surface area contributed by atoms with E-state index in [4.69, 9.17) is 16.4 Å². The van der Waals surface area contributed by atoms with E-state index >= 15 is 0 Å². The highest BCUT2D eigenvalue weighted by Crippen LogP contribution is 2.71. The molecule has 3 aromatic rings. The fourth-order valence-corrected chi connectivity index (χ4v) is 6.11. The van der Waals surface area contributed by atoms with Crippen molar-refractivity contribution < 1.29 is 19.3 Å². The fourth-order valence-electron chi connectivity index (χ4n) is 5.92. The predicted octanol–water partition coefficient (Wildman–Crippen LogP) is 8.03. The first kappa shape index (κ1) is 28.1. The van der Waals surface area contributed by atoms with E-state index in [1.54, 1.807) is 24.3 Å². The van der Waals surface area contributed by atoms with Crippen molar-refractivity contribution in [3.63, 3.8) is 0 Å². The van der Waals surface area contributed by atoms with Gasteiger partial charge in [-0.05, 0) is 66.8 Å². The van der Waals surface area contributed by atoms with Gasteiger partial charge in [0, 0.05) is 23.6 Å². The number of azo groups is 1. The summed E-state index contributed by atoms with van der Waals surface area (Å²) in [7, 11) is 0. The maximum atomic E-state index is 13.8. The number of amides is 1. The number of carbonyl (C=O) groups excluding carboxylic acids is 2. The number of oxime groups is 1. The minimum absolute atomic E-state index is 0.0442. The van der Waals surface area contributed by atoms with Crippen molar-refractivity contribution in [3.8, 4) is 0 Å². The Morgan fingerprint density at radius 2 is 1.61 bits per heavy atom. The van der Waals surface area contributed by atoms with Crippen LogP contribution in [0.25, 0.3) is 0 Å². The Morgan fingerprint density at radius 3 is 2.27 bits per heavy atom. The molecule has 2 fully saturated rings. The second-order valence-corrected chi connectivity index (χ2v) is 11.5. The van der Waals surface area contributed by atoms with Gasteiger partial charge in [-0.1, -0.05) is 55.7 Å². The smallest absolute Gasteiger partial charge is 0.326 e. The van der Waals surface area contributed by atoms with E-state index in [0.717, 1.165) is 11.8 Å². The van der Waals surface area contributed by atoms with Gasteiger partial charge in [0.05, 0.1) is 33.0 Å². The molecule has 2 saturated carbocycles. The molecule has 2 atom stereocenters. The third kappa shape index (κ3) is 4.88. The van der Waals surface area contributed by atoms with Crippen LogP contribution in [0.2, 0.25) is 5.02 Å². The zero-order valence-corrected chi connectivity index (χ0v) is 23.5. The number of carbonyl (C=O) groups is 2. The number of hydrogen-bond acceptors (Lipinski definition) is 8. The van der Waals surface area contributed by atoms with Crippen LogP contribution in [0.15, 0.2) is 88.2 Å². The van der Waals surface area contributed by atoms with Crippen LogP contribution in [-0.2, 0) is 9.63 Å². The molecule has 2 unspecified atom stereocenters. The van der Waals surface area contributed by atoms with Crippen LogP contribution in [0, 0.1) is 26.4 Å². The summed E-state index contributed by atoms with van der Waals surface area (Å²) < 4.78 is 0. The number of benzene rings is 3. The van der Waals surface area contributed by atoms with Crippen LogP contribution in [-0.4, -0.2) is 22.5 Å². The summed E-state index contributed by atoms with van der Waals surface area (Å²) in [5, 5.41) is 26.8. The molecule has 0 radical (unpaired) electrons. The minimum Gasteiger partial charge on any atom is -0.326 e. The normalized spacial score (nSPS) is 23.6. The van der Waals surface area contributed by atoms with E-state index in [2.05, 4.69) is 20.7 Å². The molecular weight excluding hydrogens is 546 g/mol. The van der Waals surface area contributed by atoms with Crippen molar-refractivity contribution in [1.29, 1.82) is 0 Å². The number of nitro benzene ring substituents is 1. The molecule has 41 heavy (non-hydrogen) atoms. The Kier molecular flexibility index (Phi) is 7.21. The standard InChI is InChI=1S/C30H28ClN5O5/c1-28(2)29(3)15-16-30(28,18-25(29)35-41-26(37)19-9-14-23(31)24(17-19)36(39)40)27(38)32-20-10-12-22(13-11-20)34-33-21-7-5-4-6-8-21/h4-14,17H,15-16,18H2,1-3H3,(H,32,38)/b34-33?,35-25+. The predicted molar refractivity (Wildman–Crippen MR) is 155 cm³/mol. The lowest BCUT2D eigenvalue weighted by molar-refractivity contribution is -0.384. The molecule has 3 aromatic carbocycles. The van der Waals surface area contributed by atoms with E-state index in [1.807, 2.05) is 51.1 Å². The van der Waals surface area contributed by atoms with Crippen LogP contribution in [0.5, 0.6) is 0 Å². The van der Waals surface area contributed by atoms with E-state index in [9.17, 15) is 19.7 Å². The molecule has 2 bridgehead atoms. The number of nitrogens with one attached hydrogen (secondary N) is 1. The van der Waals surface area contributed by atoms with Gasteiger partial charge in [-0.3, -0.25) is 14.9 Å². The van der Waals surface area contributed by atoms with E-state index in [1.165, 1.54) is 12.1 Å². The molecule has 0 aromatic heterocycles. The first-order chi connectivity index (χ1) is 19.5. The molecule has 0 saturated heterocycles. The maximum absolute atomic E-state index is 13.8. The maximum Gasteiger partial charge on any atom is 0.365 e. The second kappa shape index (κ2) is 10.5. The van der Waals surface area contributed by atoms with Crippen molar-refractivity contribution >= 4 is 51.9 Å². The molecule has 11 heteroatoms. The van der Waals surface area contributed by atoms with Gasteiger partial charge in [0.15, 0.2) is 0 Å². The summed E-state index contributed by atoms with van der Waals surface area (Å²) in [6.07, 6.45) is 1.66. The van der Waals surface area contributed by atoms with Gasteiger partial charge in [-0.2, -0.15) is 10.2 Å². The lowest BCUT2D eigenvalue weighted by atomic mass is 9.64. The van der Waals surface area contributed by atoms with Crippen molar-refractivity contribution in [2.75, 3.05) is 5.32 Å². The zero-order valence-electron chi connectivity index (χ0n) is 22.8. The van der Waals surface area contributed by atoms with E-state index in [-0.39, 0.29) is 16.5 Å². The van der Waals surface area contributed by atoms with E-state index < -0.39 is 32.8 Å². The van der Waals surface area contributed by atoms with Crippen LogP contribution >= 0.6 is 11.6 Å². The number of fused-ring (bicyclic) bond motifs is 2. The molecule has 10 nitrogen and oxygen atoms in total. The Morgan fingerprint density at radius 1 is 0.951 bits per heavy atom. The van der Waals surface area contributed by atoms with Gasteiger partial charge in [-0.15, -0.1) is 0 Å². The van der Waals surface area contributed by atoms with Gasteiger partial charge >= 0.3 is 5.97 Å². The van der Waals surface area contributed by atoms with Crippen LogP contribution in [0.3, 0.4) is 0 Å². The van der Waals surface area contributed by atoms with Gasteiger partial charge < -0.3 is 10.2 Å². The third-order valence-electron chi connectivity index (χ3n) is 8.95. The fraction of sp³-hybridized carbons (Fsp3) is 0.300. The molecule has 2 aliphatic rings. The number of rotatable bonds is 7. The third-order valence-corrected chi connectivity index (χ3v) is 9.27. The average molecular weight is 574 g/mol. The molecular formula is C30H28ClN5O5. The van der Waals surface area contributed by atoms with Gasteiger partial charge in [0.2, 0.25) is 5.91 Å². The largest absolute Gasteiger partial charge is 0.365 e. The van der Waals surface area contributed by atoms with Crippen molar-refractivity contribution in [3.05, 3.63) is 93.5 Å². The van der Waals surface area contributed by atoms with E-state index in [0.29, 0.717) is 36.3 Å². The zero-order chi connectivity index (χ0) is 29.4. The van der Waals surface area contributed by atoms with Crippen molar-refractivity contribution in [2.24, 2.45) is 31.6 Å². The summed E-state index contributed by atoms with van der Waals surface area (Å²) >= 11 is 5.85. The Balaban J connectivity index is 1.31. The Bertz CT molecular complexity index is 1590. The minimum atomic E-state index is -0.843. The second-order valence-electron chi connectivity index (χ2n) is 11.1. The lowest BCUT2D eigenvalue weighted by Gasteiger charge is -2.39. The quantitative estimate of drug-likeness (QED) is 0.132. The topological polar surface area (TPSA) is 136 Å². The molecule has 210 valence electrons. The number of nitrogens with zero attached hydrogens (tertiary/aromatic N) is 4. The Hall–Kier alpha value is -4.44. The first-order valence-corrected chi connectivity index (χ1v) is 13.5. The summed E-state index contributed by atoms with van der Waals surface area (Å²) in [5.74, 6) is -0.973. The Labute approximate surface area is 241 Å². The number of halogens is 1. The van der Waals surface area contributed by atoms with Gasteiger partial charge in [-0.25, -0.2) is 4.79 Å². The van der Waals surface area contributed by atoms with Gasteiger partial charge in [0.25, 0.3) is 5.69 Å². The molecule has 0 aliphatic heterocycles. The average Bonchev–Trinajstić information content (AvgIpc) is 3.27. The molecule has 0 spiro atoms. The highest BCUT2D eigenvalue weighted by Gasteiger charge is 2.71. The van der Waals surface area contributed by atoms with Gasteiger partial charge in [0.1, 0.15) is 5.02 Å². The molecule has 2 aliphatic carbocycles. The molecule has 1 amide bonds. The number of hydrogen-bond donors (Lipinski definition) is 1. The first-order valence-electron chi connectivity index (χ1n) is 13.1. The monoisotopic (exact) mass is 573 g/mol. The van der Waals surface area contributed by atoms with Crippen LogP contribution < -0.4 is 5.32 Å². The SMILES string of the molecule is CC12CCC(C(=O)Nc3ccc(N=Nc4ccccc4)cc3)(C/C1=N\OC(=O)c1ccc(Cl)c([N+](=O)[O-])c1)C2(C)C. The van der Waals surface area contributed by atoms with Crippen LogP contribution in [0.4, 0.5) is 22.7 Å². The summed E-state index contributed by atoms with van der Waals surface area (Å²) in [6, 6.07) is 20.2. The van der Waals surface area contributed by atoms with Crippen molar-refractivity contribution in [2.45, 2.75) is 40.0 Å². The number of anilines is 1. The molecule has 5 rings (SSSR count). The summed E-state index contributed by atoms with van der Waals surface area (Å²) in [4.78, 5) is 42.2. The molecule has 1 N–H and O–H groups in total. The highest BCUT2D eigenvalue weighted by atomic mass is 35.5. The highest BCUT2D eigenvalue weighted by molar-refractivity contribution is 6.32. The summed E-state index contributed by atoms with van der Waals surface area (Å²) in [6.45, 7) is 6.11. The number of nitro groups is 1. The van der Waals surface area contributed by atoms with Crippen LogP contribution in [0.1, 0.15) is 50.4 Å². The summed E-state index contributed by atoms with van der Waals surface area (Å²) in [5.41, 5.74) is 0.456. The van der Waals surface area contributed by atoms with Crippen molar-refractivity contribution in [1.82, 2.24) is 0 Å².